The number of rotatable bonds is 6. The van der Waals surface area contributed by atoms with E-state index < -0.39 is 5.60 Å². The van der Waals surface area contributed by atoms with Crippen LogP contribution in [0.5, 0.6) is 0 Å². The molecule has 4 nitrogen and oxygen atoms in total. The third-order valence-electron chi connectivity index (χ3n) is 8.01. The highest BCUT2D eigenvalue weighted by molar-refractivity contribution is 5.90. The smallest absolute Gasteiger partial charge is 0.183 e. The van der Waals surface area contributed by atoms with Gasteiger partial charge in [-0.1, -0.05) is 43.2 Å². The fourth-order valence-electron chi connectivity index (χ4n) is 6.07. The van der Waals surface area contributed by atoms with E-state index >= 15 is 0 Å². The van der Waals surface area contributed by atoms with Crippen LogP contribution in [0.15, 0.2) is 30.3 Å². The minimum Gasteiger partial charge on any atom is -0.377 e. The third-order valence-corrected chi connectivity index (χ3v) is 8.01. The van der Waals surface area contributed by atoms with E-state index in [9.17, 15) is 9.90 Å². The second kappa shape index (κ2) is 9.28. The fraction of sp³-hybridized carbons (Fsp3) is 0.720. The zero-order valence-electron chi connectivity index (χ0n) is 18.1. The van der Waals surface area contributed by atoms with E-state index in [1.807, 2.05) is 30.3 Å². The van der Waals surface area contributed by atoms with Gasteiger partial charge in [-0.25, -0.2) is 0 Å². The number of carbonyl (C=O) groups is 1. The second-order valence-electron chi connectivity index (χ2n) is 9.79. The van der Waals surface area contributed by atoms with Gasteiger partial charge in [0.25, 0.3) is 0 Å². The number of carbonyl (C=O) groups excluding carboxylic acids is 1. The van der Waals surface area contributed by atoms with Crippen LogP contribution in [-0.2, 0) is 10.4 Å². The summed E-state index contributed by atoms with van der Waals surface area (Å²) in [7, 11) is 2.22. The molecular formula is C25H38N2O2. The Hall–Kier alpha value is -1.23. The molecule has 1 aliphatic carbocycles. The topological polar surface area (TPSA) is 43.8 Å². The molecule has 1 aromatic carbocycles. The van der Waals surface area contributed by atoms with Crippen LogP contribution in [0.3, 0.4) is 0 Å². The third kappa shape index (κ3) is 4.60. The summed E-state index contributed by atoms with van der Waals surface area (Å²) in [5, 5.41) is 11.7. The summed E-state index contributed by atoms with van der Waals surface area (Å²) in [6, 6.07) is 9.70. The van der Waals surface area contributed by atoms with Crippen LogP contribution in [0.25, 0.3) is 0 Å². The van der Waals surface area contributed by atoms with Crippen LogP contribution >= 0.6 is 0 Å². The Labute approximate surface area is 176 Å². The zero-order chi connectivity index (χ0) is 20.3. The molecule has 0 aromatic heterocycles. The van der Waals surface area contributed by atoms with Gasteiger partial charge in [-0.2, -0.15) is 0 Å². The number of nitrogens with zero attached hydrogens (tertiary/aromatic N) is 2. The highest BCUT2D eigenvalue weighted by atomic mass is 16.3. The van der Waals surface area contributed by atoms with Gasteiger partial charge in [0, 0.05) is 0 Å². The highest BCUT2D eigenvalue weighted by Crippen LogP contribution is 2.41. The normalized spacial score (nSPS) is 25.9. The molecule has 2 saturated heterocycles. The van der Waals surface area contributed by atoms with Crippen molar-refractivity contribution in [3.63, 3.8) is 0 Å². The van der Waals surface area contributed by atoms with Crippen LogP contribution < -0.4 is 0 Å². The van der Waals surface area contributed by atoms with Gasteiger partial charge in [0.1, 0.15) is 0 Å². The number of piperidine rings is 2. The van der Waals surface area contributed by atoms with E-state index in [0.29, 0.717) is 6.54 Å². The molecule has 3 fully saturated rings. The lowest BCUT2D eigenvalue weighted by Crippen LogP contribution is -2.49. The first-order chi connectivity index (χ1) is 14.1. The first-order valence-electron chi connectivity index (χ1n) is 11.8. The Morgan fingerprint density at radius 1 is 0.931 bits per heavy atom. The van der Waals surface area contributed by atoms with Crippen LogP contribution in [0.2, 0.25) is 0 Å². The van der Waals surface area contributed by atoms with Gasteiger partial charge in [-0.15, -0.1) is 0 Å². The number of likely N-dealkylation sites (tertiary alicyclic amines) is 2. The van der Waals surface area contributed by atoms with Crippen molar-refractivity contribution in [2.75, 3.05) is 39.8 Å². The van der Waals surface area contributed by atoms with Gasteiger partial charge in [0.15, 0.2) is 11.4 Å². The lowest BCUT2D eigenvalue weighted by atomic mass is 9.76. The first kappa shape index (κ1) is 21.0. The van der Waals surface area contributed by atoms with Crippen molar-refractivity contribution in [3.8, 4) is 0 Å². The molecule has 1 atom stereocenters. The number of aliphatic hydroxyl groups is 1. The summed E-state index contributed by atoms with van der Waals surface area (Å²) in [6.45, 7) is 4.85. The SMILES string of the molecule is CN1CCC(C2CCN(CC(=O)C(O)(c3ccccc3)C3CCCC3)CC2)CC1. The van der Waals surface area contributed by atoms with Crippen LogP contribution in [-0.4, -0.2) is 60.5 Å². The van der Waals surface area contributed by atoms with Gasteiger partial charge >= 0.3 is 0 Å². The van der Waals surface area contributed by atoms with Crippen molar-refractivity contribution in [3.05, 3.63) is 35.9 Å². The molecule has 160 valence electrons. The Balaban J connectivity index is 1.37. The summed E-state index contributed by atoms with van der Waals surface area (Å²) in [5.41, 5.74) is -0.527. The predicted molar refractivity (Wildman–Crippen MR) is 117 cm³/mol. The van der Waals surface area contributed by atoms with Crippen LogP contribution in [0.1, 0.15) is 56.9 Å². The zero-order valence-corrected chi connectivity index (χ0v) is 18.1. The molecule has 29 heavy (non-hydrogen) atoms. The summed E-state index contributed by atoms with van der Waals surface area (Å²) in [6.07, 6.45) is 9.21. The molecule has 0 radical (unpaired) electrons. The maximum Gasteiger partial charge on any atom is 0.183 e. The molecule has 1 aromatic rings. The molecule has 3 aliphatic rings. The summed E-state index contributed by atoms with van der Waals surface area (Å²) in [5.74, 6) is 1.75. The largest absolute Gasteiger partial charge is 0.377 e. The van der Waals surface area contributed by atoms with Gasteiger partial charge in [0.2, 0.25) is 0 Å². The van der Waals surface area contributed by atoms with Crippen molar-refractivity contribution in [1.82, 2.24) is 9.80 Å². The standard InChI is InChI=1S/C25H38N2O2/c1-26-15-11-20(12-16-26)21-13-17-27(18-14-21)19-24(28)25(29,23-9-5-6-10-23)22-7-3-2-4-8-22/h2-4,7-8,20-21,23,29H,5-6,9-19H2,1H3. The quantitative estimate of drug-likeness (QED) is 0.794. The molecule has 1 unspecified atom stereocenters. The van der Waals surface area contributed by atoms with Gasteiger partial charge in [-0.05, 0) is 95.1 Å². The van der Waals surface area contributed by atoms with Gasteiger partial charge in [0.05, 0.1) is 6.54 Å². The van der Waals surface area contributed by atoms with Gasteiger partial charge in [-0.3, -0.25) is 9.69 Å². The number of hydrogen-bond donors (Lipinski definition) is 1. The molecular weight excluding hydrogens is 360 g/mol. The van der Waals surface area contributed by atoms with Crippen LogP contribution in [0.4, 0.5) is 0 Å². The molecule has 2 heterocycles. The number of ketones is 1. The minimum atomic E-state index is -1.32. The van der Waals surface area contributed by atoms with Crippen molar-refractivity contribution in [1.29, 1.82) is 0 Å². The maximum absolute atomic E-state index is 13.4. The second-order valence-corrected chi connectivity index (χ2v) is 9.79. The Kier molecular flexibility index (Phi) is 6.73. The fourth-order valence-corrected chi connectivity index (χ4v) is 6.07. The van der Waals surface area contributed by atoms with Crippen molar-refractivity contribution in [2.24, 2.45) is 17.8 Å². The van der Waals surface area contributed by atoms with E-state index in [1.165, 1.54) is 38.8 Å². The van der Waals surface area contributed by atoms with Crippen molar-refractivity contribution in [2.45, 2.75) is 57.0 Å². The van der Waals surface area contributed by atoms with Crippen LogP contribution in [0, 0.1) is 17.8 Å². The number of benzene rings is 1. The molecule has 1 N–H and O–H groups in total. The van der Waals surface area contributed by atoms with E-state index in [1.54, 1.807) is 0 Å². The average molecular weight is 399 g/mol. The molecule has 4 heteroatoms. The average Bonchev–Trinajstić information content (AvgIpc) is 3.30. The summed E-state index contributed by atoms with van der Waals surface area (Å²) < 4.78 is 0. The van der Waals surface area contributed by atoms with Crippen molar-refractivity contribution < 1.29 is 9.90 Å². The minimum absolute atomic E-state index is 0.00772. The number of hydrogen-bond acceptors (Lipinski definition) is 4. The van der Waals surface area contributed by atoms with Crippen molar-refractivity contribution >= 4 is 5.78 Å². The predicted octanol–water partition coefficient (Wildman–Crippen LogP) is 3.69. The Morgan fingerprint density at radius 2 is 1.48 bits per heavy atom. The Bertz CT molecular complexity index is 657. The molecule has 0 bridgehead atoms. The Morgan fingerprint density at radius 3 is 2.07 bits per heavy atom. The lowest BCUT2D eigenvalue weighted by molar-refractivity contribution is -0.146. The molecule has 1 saturated carbocycles. The molecule has 2 aliphatic heterocycles. The lowest BCUT2D eigenvalue weighted by Gasteiger charge is -2.40. The van der Waals surface area contributed by atoms with E-state index in [2.05, 4.69) is 16.8 Å². The maximum atomic E-state index is 13.4. The van der Waals surface area contributed by atoms with E-state index in [0.717, 1.165) is 56.2 Å². The molecule has 4 rings (SSSR count). The van der Waals surface area contributed by atoms with E-state index in [-0.39, 0.29) is 11.7 Å². The molecule has 0 spiro atoms. The highest BCUT2D eigenvalue weighted by Gasteiger charge is 2.46. The molecule has 0 amide bonds. The van der Waals surface area contributed by atoms with Gasteiger partial charge < -0.3 is 10.0 Å². The monoisotopic (exact) mass is 398 g/mol. The first-order valence-corrected chi connectivity index (χ1v) is 11.8. The summed E-state index contributed by atoms with van der Waals surface area (Å²) in [4.78, 5) is 18.2. The summed E-state index contributed by atoms with van der Waals surface area (Å²) >= 11 is 0. The number of Topliss-reactive ketones (excluding diaryl/α,β-unsaturated/α-hetero) is 1. The van der Waals surface area contributed by atoms with E-state index in [4.69, 9.17) is 0 Å².